The van der Waals surface area contributed by atoms with Crippen molar-refractivity contribution < 1.29 is 13.2 Å². The molecule has 0 atom stereocenters. The molecule has 0 fully saturated rings. The molecule has 5 nitrogen and oxygen atoms in total. The summed E-state index contributed by atoms with van der Waals surface area (Å²) in [6, 6.07) is 9.35. The summed E-state index contributed by atoms with van der Waals surface area (Å²) in [5, 5.41) is 0. The van der Waals surface area contributed by atoms with Gasteiger partial charge in [0, 0.05) is 16.2 Å². The molecule has 2 rings (SSSR count). The average Bonchev–Trinajstić information content (AvgIpc) is 2.43. The Morgan fingerprint density at radius 2 is 1.81 bits per heavy atom. The third kappa shape index (κ3) is 3.69. The van der Waals surface area contributed by atoms with Gasteiger partial charge in [0.25, 0.3) is 10.0 Å². The van der Waals surface area contributed by atoms with E-state index in [0.29, 0.717) is 21.6 Å². The van der Waals surface area contributed by atoms with E-state index in [9.17, 15) is 8.42 Å². The molecule has 0 aliphatic heterocycles. The van der Waals surface area contributed by atoms with Gasteiger partial charge in [-0.1, -0.05) is 0 Å². The Hall–Kier alpha value is -1.25. The van der Waals surface area contributed by atoms with Gasteiger partial charge in [-0.05, 0) is 62.2 Å². The van der Waals surface area contributed by atoms with E-state index in [1.165, 1.54) is 25.3 Å². The van der Waals surface area contributed by atoms with Crippen LogP contribution in [-0.2, 0) is 10.0 Å². The van der Waals surface area contributed by atoms with Crippen molar-refractivity contribution >= 4 is 53.3 Å². The molecule has 0 bridgehead atoms. The van der Waals surface area contributed by atoms with Gasteiger partial charge in [0.15, 0.2) is 0 Å². The number of nitrogens with two attached hydrogens (primary N) is 1. The van der Waals surface area contributed by atoms with Gasteiger partial charge in [0.2, 0.25) is 0 Å². The van der Waals surface area contributed by atoms with Crippen LogP contribution in [0.1, 0.15) is 0 Å². The zero-order valence-electron chi connectivity index (χ0n) is 10.9. The van der Waals surface area contributed by atoms with Crippen molar-refractivity contribution in [1.29, 1.82) is 0 Å². The number of hydrogen-bond acceptors (Lipinski definition) is 4. The molecule has 0 saturated carbocycles. The lowest BCUT2D eigenvalue weighted by Gasteiger charge is -2.11. The monoisotopic (exact) mass is 434 g/mol. The van der Waals surface area contributed by atoms with Gasteiger partial charge in [-0.3, -0.25) is 4.72 Å². The first-order valence-electron chi connectivity index (χ1n) is 5.75. The predicted octanol–water partition coefficient (Wildman–Crippen LogP) is 3.60. The molecule has 8 heteroatoms. The topological polar surface area (TPSA) is 81.4 Å². The van der Waals surface area contributed by atoms with Crippen molar-refractivity contribution in [2.24, 2.45) is 0 Å². The minimum Gasteiger partial charge on any atom is -0.495 e. The van der Waals surface area contributed by atoms with Gasteiger partial charge >= 0.3 is 0 Å². The Morgan fingerprint density at radius 1 is 1.10 bits per heavy atom. The van der Waals surface area contributed by atoms with Crippen LogP contribution >= 0.6 is 31.9 Å². The first-order valence-corrected chi connectivity index (χ1v) is 8.82. The Balaban J connectivity index is 2.35. The SMILES string of the molecule is COc1cc(NS(=O)(=O)c2ccc(N)c(Br)c2)ccc1Br. The third-order valence-corrected chi connectivity index (χ3v) is 5.41. The normalized spacial score (nSPS) is 11.2. The minimum atomic E-state index is -3.70. The summed E-state index contributed by atoms with van der Waals surface area (Å²) in [6.07, 6.45) is 0. The lowest BCUT2D eigenvalue weighted by atomic mass is 10.3. The van der Waals surface area contributed by atoms with Crippen molar-refractivity contribution in [2.75, 3.05) is 17.6 Å². The van der Waals surface area contributed by atoms with Gasteiger partial charge in [-0.25, -0.2) is 8.42 Å². The van der Waals surface area contributed by atoms with Gasteiger partial charge in [-0.15, -0.1) is 0 Å². The van der Waals surface area contributed by atoms with Gasteiger partial charge in [0.05, 0.1) is 22.2 Å². The summed E-state index contributed by atoms with van der Waals surface area (Å²) in [5.41, 5.74) is 6.53. The molecule has 0 saturated heterocycles. The minimum absolute atomic E-state index is 0.116. The van der Waals surface area contributed by atoms with Crippen molar-refractivity contribution in [1.82, 2.24) is 0 Å². The second kappa shape index (κ2) is 6.25. The predicted molar refractivity (Wildman–Crippen MR) is 90.1 cm³/mol. The number of ether oxygens (including phenoxy) is 1. The second-order valence-corrected chi connectivity index (χ2v) is 7.53. The number of hydrogen-bond donors (Lipinski definition) is 2. The maximum atomic E-state index is 12.3. The fraction of sp³-hybridized carbons (Fsp3) is 0.0769. The van der Waals surface area contributed by atoms with Crippen LogP contribution in [0.4, 0.5) is 11.4 Å². The Kier molecular flexibility index (Phi) is 4.80. The highest BCUT2D eigenvalue weighted by Gasteiger charge is 2.16. The van der Waals surface area contributed by atoms with E-state index in [4.69, 9.17) is 10.5 Å². The molecule has 0 aliphatic carbocycles. The molecular weight excluding hydrogens is 424 g/mol. The molecule has 3 N–H and O–H groups in total. The van der Waals surface area contributed by atoms with Crippen LogP contribution < -0.4 is 15.2 Å². The van der Waals surface area contributed by atoms with Crippen LogP contribution in [0.3, 0.4) is 0 Å². The maximum Gasteiger partial charge on any atom is 0.261 e. The van der Waals surface area contributed by atoms with Crippen LogP contribution in [-0.4, -0.2) is 15.5 Å². The molecule has 0 spiro atoms. The highest BCUT2D eigenvalue weighted by Crippen LogP contribution is 2.29. The Labute approximate surface area is 139 Å². The van der Waals surface area contributed by atoms with Crippen LogP contribution in [0, 0.1) is 0 Å². The third-order valence-electron chi connectivity index (χ3n) is 2.69. The first-order chi connectivity index (χ1) is 9.83. The molecular formula is C13H12Br2N2O3S. The maximum absolute atomic E-state index is 12.3. The summed E-state index contributed by atoms with van der Waals surface area (Å²) in [6.45, 7) is 0. The van der Waals surface area contributed by atoms with Crippen LogP contribution in [0.25, 0.3) is 0 Å². The fourth-order valence-corrected chi connectivity index (χ4v) is 3.63. The second-order valence-electron chi connectivity index (χ2n) is 4.14. The first kappa shape index (κ1) is 16.1. The quantitative estimate of drug-likeness (QED) is 0.718. The molecule has 0 aliphatic rings. The summed E-state index contributed by atoms with van der Waals surface area (Å²) < 4.78 is 33.5. The zero-order valence-corrected chi connectivity index (χ0v) is 14.9. The van der Waals surface area contributed by atoms with Crippen molar-refractivity contribution in [2.45, 2.75) is 4.90 Å². The average molecular weight is 436 g/mol. The van der Waals surface area contributed by atoms with E-state index in [-0.39, 0.29) is 4.90 Å². The fourth-order valence-electron chi connectivity index (χ4n) is 1.61. The molecule has 0 aromatic heterocycles. The van der Waals surface area contributed by atoms with Crippen LogP contribution in [0.2, 0.25) is 0 Å². The molecule has 0 unspecified atom stereocenters. The zero-order chi connectivity index (χ0) is 15.6. The number of nitrogens with one attached hydrogen (secondary N) is 1. The van der Waals surface area contributed by atoms with Gasteiger partial charge in [-0.2, -0.15) is 0 Å². The van der Waals surface area contributed by atoms with Crippen molar-refractivity contribution in [3.8, 4) is 5.75 Å². The number of sulfonamides is 1. The van der Waals surface area contributed by atoms with E-state index < -0.39 is 10.0 Å². The number of methoxy groups -OCH3 is 1. The van der Waals surface area contributed by atoms with Crippen LogP contribution in [0.5, 0.6) is 5.75 Å². The highest BCUT2D eigenvalue weighted by molar-refractivity contribution is 9.11. The summed E-state index contributed by atoms with van der Waals surface area (Å²) >= 11 is 6.52. The number of anilines is 2. The smallest absolute Gasteiger partial charge is 0.261 e. The number of nitrogen functional groups attached to an aromatic ring is 1. The van der Waals surface area contributed by atoms with E-state index in [1.54, 1.807) is 18.2 Å². The van der Waals surface area contributed by atoms with E-state index >= 15 is 0 Å². The molecule has 21 heavy (non-hydrogen) atoms. The standard InChI is InChI=1S/C13H12Br2N2O3S/c1-20-13-6-8(2-4-10(13)14)17-21(18,19)9-3-5-12(16)11(15)7-9/h2-7,17H,16H2,1H3. The highest BCUT2D eigenvalue weighted by atomic mass is 79.9. The summed E-state index contributed by atoms with van der Waals surface area (Å²) in [4.78, 5) is 0.116. The van der Waals surface area contributed by atoms with Gasteiger partial charge < -0.3 is 10.5 Å². The van der Waals surface area contributed by atoms with E-state index in [2.05, 4.69) is 36.6 Å². The van der Waals surface area contributed by atoms with E-state index in [0.717, 1.165) is 4.47 Å². The molecule has 2 aromatic carbocycles. The van der Waals surface area contributed by atoms with Crippen LogP contribution in [0.15, 0.2) is 50.2 Å². The van der Waals surface area contributed by atoms with Crippen molar-refractivity contribution in [3.63, 3.8) is 0 Å². The largest absolute Gasteiger partial charge is 0.495 e. The summed E-state index contributed by atoms with van der Waals surface area (Å²) in [5.74, 6) is 0.536. The van der Waals surface area contributed by atoms with E-state index in [1.807, 2.05) is 0 Å². The Morgan fingerprint density at radius 3 is 2.43 bits per heavy atom. The molecule has 0 radical (unpaired) electrons. The van der Waals surface area contributed by atoms with Gasteiger partial charge in [0.1, 0.15) is 5.75 Å². The number of benzene rings is 2. The molecule has 112 valence electrons. The molecule has 0 amide bonds. The summed E-state index contributed by atoms with van der Waals surface area (Å²) in [7, 11) is -2.19. The number of rotatable bonds is 4. The number of halogens is 2. The molecule has 2 aromatic rings. The Bertz CT molecular complexity index is 779. The lowest BCUT2D eigenvalue weighted by Crippen LogP contribution is -2.13. The lowest BCUT2D eigenvalue weighted by molar-refractivity contribution is 0.412. The van der Waals surface area contributed by atoms with Crippen molar-refractivity contribution in [3.05, 3.63) is 45.3 Å². The molecule has 0 heterocycles.